The molecule has 1 aliphatic rings. The van der Waals surface area contributed by atoms with Gasteiger partial charge >= 0.3 is 0 Å². The van der Waals surface area contributed by atoms with Gasteiger partial charge in [-0.15, -0.1) is 0 Å². The van der Waals surface area contributed by atoms with Crippen molar-refractivity contribution in [3.63, 3.8) is 0 Å². The molecule has 0 saturated heterocycles. The van der Waals surface area contributed by atoms with Crippen LogP contribution in [0.25, 0.3) is 0 Å². The van der Waals surface area contributed by atoms with Crippen LogP contribution in [0.15, 0.2) is 12.5 Å². The van der Waals surface area contributed by atoms with Crippen molar-refractivity contribution in [3.8, 4) is 0 Å². The van der Waals surface area contributed by atoms with Gasteiger partial charge in [0.1, 0.15) is 0 Å². The summed E-state index contributed by atoms with van der Waals surface area (Å²) in [5, 5.41) is 0. The van der Waals surface area contributed by atoms with Gasteiger partial charge in [0.2, 0.25) is 0 Å². The van der Waals surface area contributed by atoms with Gasteiger partial charge < -0.3 is 10.3 Å². The van der Waals surface area contributed by atoms with Gasteiger partial charge in [-0.05, 0) is 25.6 Å². The minimum atomic E-state index is 0.433. The highest BCUT2D eigenvalue weighted by Crippen LogP contribution is 2.40. The van der Waals surface area contributed by atoms with Crippen LogP contribution in [0.5, 0.6) is 0 Å². The molecule has 0 amide bonds. The van der Waals surface area contributed by atoms with E-state index in [9.17, 15) is 0 Å². The predicted octanol–water partition coefficient (Wildman–Crippen LogP) is 2.45. The van der Waals surface area contributed by atoms with E-state index in [0.29, 0.717) is 11.3 Å². The summed E-state index contributed by atoms with van der Waals surface area (Å²) in [6, 6.07) is 0. The second-order valence-corrected chi connectivity index (χ2v) is 6.27. The van der Waals surface area contributed by atoms with Crippen LogP contribution >= 0.6 is 11.8 Å². The number of aromatic nitrogens is 2. The molecule has 96 valence electrons. The van der Waals surface area contributed by atoms with E-state index >= 15 is 0 Å². The molecule has 2 rings (SSSR count). The van der Waals surface area contributed by atoms with Crippen molar-refractivity contribution in [2.45, 2.75) is 49.8 Å². The molecule has 4 heteroatoms. The maximum Gasteiger partial charge on any atom is 0.0948 e. The highest BCUT2D eigenvalue weighted by molar-refractivity contribution is 8.00. The second kappa shape index (κ2) is 5.91. The number of hydrogen-bond donors (Lipinski definition) is 1. The zero-order chi connectivity index (χ0) is 12.1. The molecule has 0 unspecified atom stereocenters. The van der Waals surface area contributed by atoms with E-state index < -0.39 is 0 Å². The topological polar surface area (TPSA) is 43.8 Å². The van der Waals surface area contributed by atoms with Crippen LogP contribution in [0.1, 0.15) is 37.8 Å². The van der Waals surface area contributed by atoms with Crippen molar-refractivity contribution >= 4 is 11.8 Å². The number of thioether (sulfide) groups is 1. The summed E-state index contributed by atoms with van der Waals surface area (Å²) < 4.78 is 2.75. The van der Waals surface area contributed by atoms with Gasteiger partial charge in [-0.1, -0.05) is 19.3 Å². The molecule has 0 aromatic carbocycles. The Labute approximate surface area is 108 Å². The number of imidazole rings is 1. The van der Waals surface area contributed by atoms with Crippen LogP contribution in [0.2, 0.25) is 0 Å². The summed E-state index contributed by atoms with van der Waals surface area (Å²) >= 11 is 2.04. The van der Waals surface area contributed by atoms with E-state index in [1.54, 1.807) is 0 Å². The van der Waals surface area contributed by atoms with Crippen molar-refractivity contribution in [2.75, 3.05) is 12.8 Å². The fourth-order valence-electron chi connectivity index (χ4n) is 2.78. The van der Waals surface area contributed by atoms with Crippen LogP contribution in [-0.2, 0) is 13.0 Å². The Kier molecular flexibility index (Phi) is 4.51. The Bertz CT molecular complexity index is 342. The maximum atomic E-state index is 5.64. The number of nitrogens with two attached hydrogens (primary N) is 1. The summed E-state index contributed by atoms with van der Waals surface area (Å²) in [6.45, 7) is 1.81. The first-order chi connectivity index (χ1) is 8.29. The number of nitrogens with zero attached hydrogens (tertiary/aromatic N) is 2. The van der Waals surface area contributed by atoms with E-state index in [4.69, 9.17) is 5.73 Å². The molecule has 1 heterocycles. The first-order valence-electron chi connectivity index (χ1n) is 6.54. The highest BCUT2D eigenvalue weighted by Gasteiger charge is 2.31. The normalized spacial score (nSPS) is 19.4. The van der Waals surface area contributed by atoms with Crippen LogP contribution < -0.4 is 5.73 Å². The van der Waals surface area contributed by atoms with Gasteiger partial charge in [-0.2, -0.15) is 11.8 Å². The SMILES string of the molecule is CSC1(Cn2cncc2CCN)CCCCC1. The molecule has 0 atom stereocenters. The molecule has 1 saturated carbocycles. The Hall–Kier alpha value is -0.480. The van der Waals surface area contributed by atoms with Crippen molar-refractivity contribution in [3.05, 3.63) is 18.2 Å². The minimum absolute atomic E-state index is 0.433. The van der Waals surface area contributed by atoms with Crippen molar-refractivity contribution < 1.29 is 0 Å². The average Bonchev–Trinajstić information content (AvgIpc) is 2.78. The lowest BCUT2D eigenvalue weighted by Crippen LogP contribution is -2.33. The lowest BCUT2D eigenvalue weighted by Gasteiger charge is -2.36. The smallest absolute Gasteiger partial charge is 0.0948 e. The predicted molar refractivity (Wildman–Crippen MR) is 74.3 cm³/mol. The molecule has 1 fully saturated rings. The third kappa shape index (κ3) is 3.05. The Morgan fingerprint density at radius 2 is 2.18 bits per heavy atom. The zero-order valence-electron chi connectivity index (χ0n) is 10.7. The van der Waals surface area contributed by atoms with Gasteiger partial charge in [0, 0.05) is 29.6 Å². The largest absolute Gasteiger partial charge is 0.333 e. The molecule has 17 heavy (non-hydrogen) atoms. The van der Waals surface area contributed by atoms with E-state index in [-0.39, 0.29) is 0 Å². The maximum absolute atomic E-state index is 5.64. The highest BCUT2D eigenvalue weighted by atomic mass is 32.2. The molecule has 1 aromatic rings. The lowest BCUT2D eigenvalue weighted by molar-refractivity contribution is 0.355. The van der Waals surface area contributed by atoms with Gasteiger partial charge in [0.15, 0.2) is 0 Å². The number of hydrogen-bond acceptors (Lipinski definition) is 3. The summed E-state index contributed by atoms with van der Waals surface area (Å²) in [5.74, 6) is 0. The van der Waals surface area contributed by atoms with E-state index in [1.807, 2.05) is 24.3 Å². The van der Waals surface area contributed by atoms with E-state index in [0.717, 1.165) is 13.0 Å². The summed E-state index contributed by atoms with van der Waals surface area (Å²) in [4.78, 5) is 4.27. The molecule has 1 aromatic heterocycles. The first-order valence-corrected chi connectivity index (χ1v) is 7.76. The molecule has 0 spiro atoms. The van der Waals surface area contributed by atoms with E-state index in [1.165, 1.54) is 37.8 Å². The molecular weight excluding hydrogens is 230 g/mol. The van der Waals surface area contributed by atoms with Gasteiger partial charge in [0.25, 0.3) is 0 Å². The summed E-state index contributed by atoms with van der Waals surface area (Å²) in [5.41, 5.74) is 6.92. The second-order valence-electron chi connectivity index (χ2n) is 5.00. The molecule has 2 N–H and O–H groups in total. The lowest BCUT2D eigenvalue weighted by atomic mass is 9.88. The molecule has 0 radical (unpaired) electrons. The van der Waals surface area contributed by atoms with Crippen LogP contribution in [0, 0.1) is 0 Å². The molecule has 3 nitrogen and oxygen atoms in total. The van der Waals surface area contributed by atoms with Crippen molar-refractivity contribution in [1.82, 2.24) is 9.55 Å². The summed E-state index contributed by atoms with van der Waals surface area (Å²) in [6.07, 6.45) is 14.0. The summed E-state index contributed by atoms with van der Waals surface area (Å²) in [7, 11) is 0. The molecular formula is C13H23N3S. The van der Waals surface area contributed by atoms with Gasteiger partial charge in [-0.3, -0.25) is 0 Å². The monoisotopic (exact) mass is 253 g/mol. The van der Waals surface area contributed by atoms with E-state index in [2.05, 4.69) is 15.8 Å². The standard InChI is InChI=1S/C13H23N3S/c1-17-13(6-3-2-4-7-13)10-16-11-15-9-12(16)5-8-14/h9,11H,2-8,10,14H2,1H3. The fourth-order valence-corrected chi connectivity index (χ4v) is 3.75. The van der Waals surface area contributed by atoms with Gasteiger partial charge in [0.05, 0.1) is 6.33 Å². The third-order valence-electron chi connectivity index (χ3n) is 3.86. The van der Waals surface area contributed by atoms with Gasteiger partial charge in [-0.25, -0.2) is 4.98 Å². The van der Waals surface area contributed by atoms with Crippen LogP contribution in [0.4, 0.5) is 0 Å². The average molecular weight is 253 g/mol. The Morgan fingerprint density at radius 3 is 2.82 bits per heavy atom. The minimum Gasteiger partial charge on any atom is -0.333 e. The quantitative estimate of drug-likeness (QED) is 0.876. The molecule has 1 aliphatic carbocycles. The molecule has 0 bridgehead atoms. The zero-order valence-corrected chi connectivity index (χ0v) is 11.5. The third-order valence-corrected chi connectivity index (χ3v) is 5.26. The first kappa shape index (κ1) is 13.0. The van der Waals surface area contributed by atoms with Crippen LogP contribution in [0.3, 0.4) is 0 Å². The fraction of sp³-hybridized carbons (Fsp3) is 0.769. The molecule has 0 aliphatic heterocycles. The Morgan fingerprint density at radius 1 is 1.41 bits per heavy atom. The Balaban J connectivity index is 2.09. The number of rotatable bonds is 5. The van der Waals surface area contributed by atoms with Crippen molar-refractivity contribution in [1.29, 1.82) is 0 Å². The van der Waals surface area contributed by atoms with Crippen molar-refractivity contribution in [2.24, 2.45) is 5.73 Å². The van der Waals surface area contributed by atoms with Crippen LogP contribution in [-0.4, -0.2) is 27.1 Å².